The van der Waals surface area contributed by atoms with Gasteiger partial charge in [-0.1, -0.05) is 111 Å². The predicted molar refractivity (Wildman–Crippen MR) is 244 cm³/mol. The van der Waals surface area contributed by atoms with Crippen molar-refractivity contribution in [3.05, 3.63) is 169 Å². The molecular weight excluding hydrogens is 741 g/mol. The Hall–Kier alpha value is -7.35. The first-order chi connectivity index (χ1) is 29.1. The van der Waals surface area contributed by atoms with Crippen molar-refractivity contribution in [1.29, 1.82) is 0 Å². The van der Waals surface area contributed by atoms with Crippen molar-refractivity contribution in [2.24, 2.45) is 0 Å². The molecule has 6 aromatic carbocycles. The Morgan fingerprint density at radius 1 is 0.525 bits per heavy atom. The molecule has 13 aromatic rings. The smallest absolute Gasteiger partial charge is 0.159 e. The highest BCUT2D eigenvalue weighted by atomic mass is 32.1. The number of fused-ring (bicyclic) bond motifs is 17. The molecule has 0 N–H and O–H groups in total. The fourth-order valence-corrected chi connectivity index (χ4v) is 12.0. The molecule has 0 atom stereocenters. The number of aromatic nitrogens is 6. The Kier molecular flexibility index (Phi) is 5.90. The van der Waals surface area contributed by atoms with E-state index in [4.69, 9.17) is 9.97 Å². The van der Waals surface area contributed by atoms with Crippen LogP contribution < -0.4 is 0 Å². The highest BCUT2D eigenvalue weighted by molar-refractivity contribution is 7.26. The van der Waals surface area contributed by atoms with Crippen LogP contribution in [0.5, 0.6) is 0 Å². The van der Waals surface area contributed by atoms with Crippen LogP contribution in [0, 0.1) is 0 Å². The first kappa shape index (κ1) is 31.7. The number of benzene rings is 6. The Balaban J connectivity index is 1.27. The lowest BCUT2D eigenvalue weighted by molar-refractivity contribution is 0.666. The molecule has 0 fully saturated rings. The van der Waals surface area contributed by atoms with E-state index in [1.807, 2.05) is 35.9 Å². The maximum Gasteiger partial charge on any atom is 0.159 e. The van der Waals surface area contributed by atoms with E-state index in [0.29, 0.717) is 5.82 Å². The highest BCUT2D eigenvalue weighted by Gasteiger charge is 2.40. The molecule has 0 spiro atoms. The van der Waals surface area contributed by atoms with Crippen LogP contribution in [0.25, 0.3) is 114 Å². The summed E-state index contributed by atoms with van der Waals surface area (Å²) < 4.78 is 10.2. The van der Waals surface area contributed by atoms with Gasteiger partial charge in [0, 0.05) is 71.3 Å². The predicted octanol–water partition coefficient (Wildman–Crippen LogP) is 13.3. The van der Waals surface area contributed by atoms with Gasteiger partial charge in [0.15, 0.2) is 5.82 Å². The van der Waals surface area contributed by atoms with E-state index in [-0.39, 0.29) is 5.41 Å². The Labute approximate surface area is 340 Å². The van der Waals surface area contributed by atoms with Crippen molar-refractivity contribution in [2.75, 3.05) is 0 Å². The number of para-hydroxylation sites is 3. The third kappa shape index (κ3) is 3.89. The minimum absolute atomic E-state index is 0.191. The van der Waals surface area contributed by atoms with Gasteiger partial charge in [-0.15, -0.1) is 11.3 Å². The van der Waals surface area contributed by atoms with Crippen molar-refractivity contribution >= 4 is 97.1 Å². The van der Waals surface area contributed by atoms with Crippen LogP contribution in [-0.2, 0) is 5.41 Å². The van der Waals surface area contributed by atoms with E-state index in [0.717, 1.165) is 27.8 Å². The largest absolute Gasteiger partial charge is 0.306 e. The van der Waals surface area contributed by atoms with E-state index >= 15 is 0 Å². The molecule has 7 aromatic heterocycles. The number of pyridine rings is 1. The van der Waals surface area contributed by atoms with Crippen LogP contribution in [0.15, 0.2) is 158 Å². The second-order valence-electron chi connectivity index (χ2n) is 16.5. The summed E-state index contributed by atoms with van der Waals surface area (Å²) in [5.74, 6) is 0.674. The number of thiophene rings is 1. The summed E-state index contributed by atoms with van der Waals surface area (Å²) in [4.78, 5) is 14.0. The standard InChI is InChI=1S/C52H32N6S/c1-52(2)39-18-6-3-12-34(39)48-45(52)36-16-9-14-32-33-15-10-17-37-47(33)58(49-35-13-5-8-20-44(35)59-50(37)49)43-26-41-38(25-42(43)57(48)46(32)36)31-11-4-7-19-40(31)56(41)30-27-54-51(55-28-30)29-21-23-53-24-22-29/h3-28H,1-2H3. The van der Waals surface area contributed by atoms with Gasteiger partial charge in [0.2, 0.25) is 0 Å². The summed E-state index contributed by atoms with van der Waals surface area (Å²) >= 11 is 1.89. The van der Waals surface area contributed by atoms with Gasteiger partial charge in [-0.05, 0) is 47.5 Å². The van der Waals surface area contributed by atoms with Gasteiger partial charge in [-0.2, -0.15) is 0 Å². The second-order valence-corrected chi connectivity index (χ2v) is 17.5. The second kappa shape index (κ2) is 11.0. The van der Waals surface area contributed by atoms with E-state index in [2.05, 4.69) is 154 Å². The quantitative estimate of drug-likeness (QED) is 0.176. The number of rotatable bonds is 2. The maximum atomic E-state index is 4.90. The average molecular weight is 773 g/mol. The van der Waals surface area contributed by atoms with Crippen LogP contribution in [0.2, 0.25) is 0 Å². The van der Waals surface area contributed by atoms with Crippen LogP contribution >= 0.6 is 11.3 Å². The minimum Gasteiger partial charge on any atom is -0.306 e. The lowest BCUT2D eigenvalue weighted by atomic mass is 9.81. The molecule has 0 amide bonds. The lowest BCUT2D eigenvalue weighted by Gasteiger charge is -2.21. The molecule has 6 nitrogen and oxygen atoms in total. The molecule has 7 heterocycles. The van der Waals surface area contributed by atoms with Crippen molar-refractivity contribution in [3.63, 3.8) is 0 Å². The fraction of sp³-hybridized carbons (Fsp3) is 0.0577. The molecular formula is C52H32N6S. The maximum absolute atomic E-state index is 4.90. The fourth-order valence-electron chi connectivity index (χ4n) is 10.7. The molecule has 1 aliphatic carbocycles. The SMILES string of the molecule is CC1(C)c2ccccc2-c2c1c1cccc3c4cccc5c6sc7ccccc7c6n(c6cc7c(cc6n2c13)c1ccccc1n7-c1cnc(-c2ccncc2)nc1)c45. The van der Waals surface area contributed by atoms with Crippen LogP contribution in [-0.4, -0.2) is 28.3 Å². The number of nitrogens with zero attached hydrogens (tertiary/aromatic N) is 6. The zero-order valence-corrected chi connectivity index (χ0v) is 32.9. The van der Waals surface area contributed by atoms with Gasteiger partial charge < -0.3 is 13.4 Å². The van der Waals surface area contributed by atoms with Crippen molar-refractivity contribution in [3.8, 4) is 28.3 Å². The van der Waals surface area contributed by atoms with Crippen molar-refractivity contribution in [1.82, 2.24) is 28.3 Å². The van der Waals surface area contributed by atoms with E-state index in [1.54, 1.807) is 12.4 Å². The van der Waals surface area contributed by atoms with Crippen molar-refractivity contribution in [2.45, 2.75) is 19.3 Å². The molecule has 0 radical (unpaired) electrons. The van der Waals surface area contributed by atoms with E-state index in [9.17, 15) is 0 Å². The number of hydrogen-bond donors (Lipinski definition) is 0. The molecule has 7 heteroatoms. The van der Waals surface area contributed by atoms with Crippen LogP contribution in [0.1, 0.15) is 25.0 Å². The molecule has 0 saturated heterocycles. The van der Waals surface area contributed by atoms with E-state index < -0.39 is 0 Å². The zero-order valence-electron chi connectivity index (χ0n) is 32.1. The molecule has 59 heavy (non-hydrogen) atoms. The summed E-state index contributed by atoms with van der Waals surface area (Å²) in [6, 6.07) is 49.4. The Morgan fingerprint density at radius 2 is 1.19 bits per heavy atom. The number of hydrogen-bond acceptors (Lipinski definition) is 4. The van der Waals surface area contributed by atoms with Gasteiger partial charge >= 0.3 is 0 Å². The molecule has 0 aliphatic heterocycles. The zero-order chi connectivity index (χ0) is 38.7. The molecule has 14 rings (SSSR count). The first-order valence-electron chi connectivity index (χ1n) is 20.1. The van der Waals surface area contributed by atoms with Crippen LogP contribution in [0.4, 0.5) is 0 Å². The summed E-state index contributed by atoms with van der Waals surface area (Å²) in [7, 11) is 0. The third-order valence-corrected chi connectivity index (χ3v) is 14.3. The average Bonchev–Trinajstić information content (AvgIpc) is 4.05. The summed E-state index contributed by atoms with van der Waals surface area (Å²) in [6.07, 6.45) is 7.47. The molecule has 276 valence electrons. The van der Waals surface area contributed by atoms with Gasteiger partial charge in [0.05, 0.1) is 67.1 Å². The monoisotopic (exact) mass is 772 g/mol. The molecule has 0 saturated carbocycles. The molecule has 0 bridgehead atoms. The summed E-state index contributed by atoms with van der Waals surface area (Å²) in [5, 5.41) is 8.72. The Morgan fingerprint density at radius 3 is 2.02 bits per heavy atom. The molecule has 0 unspecified atom stereocenters. The highest BCUT2D eigenvalue weighted by Crippen LogP contribution is 2.55. The first-order valence-corrected chi connectivity index (χ1v) is 20.9. The summed E-state index contributed by atoms with van der Waals surface area (Å²) in [6.45, 7) is 4.80. The van der Waals surface area contributed by atoms with E-state index in [1.165, 1.54) is 91.6 Å². The topological polar surface area (TPSA) is 52.4 Å². The van der Waals surface area contributed by atoms with Gasteiger partial charge in [0.1, 0.15) is 0 Å². The van der Waals surface area contributed by atoms with Crippen molar-refractivity contribution < 1.29 is 0 Å². The molecule has 1 aliphatic rings. The third-order valence-electron chi connectivity index (χ3n) is 13.1. The lowest BCUT2D eigenvalue weighted by Crippen LogP contribution is -2.14. The van der Waals surface area contributed by atoms with Gasteiger partial charge in [-0.25, -0.2) is 9.97 Å². The minimum atomic E-state index is -0.191. The normalized spacial score (nSPS) is 13.7. The van der Waals surface area contributed by atoms with Gasteiger partial charge in [0.25, 0.3) is 0 Å². The van der Waals surface area contributed by atoms with Crippen LogP contribution in [0.3, 0.4) is 0 Å². The summed E-state index contributed by atoms with van der Waals surface area (Å²) in [5.41, 5.74) is 15.3. The Bertz CT molecular complexity index is 3980. The van der Waals surface area contributed by atoms with Gasteiger partial charge in [-0.3, -0.25) is 4.98 Å².